The van der Waals surface area contributed by atoms with Crippen LogP contribution in [0, 0.1) is 5.82 Å². The Bertz CT molecular complexity index is 298. The molecule has 1 aliphatic heterocycles. The molecular formula is C12H17ClFNS. The van der Waals surface area contributed by atoms with E-state index in [1.807, 2.05) is 12.1 Å². The molecule has 0 bridgehead atoms. The van der Waals surface area contributed by atoms with E-state index in [2.05, 4.69) is 5.32 Å². The van der Waals surface area contributed by atoms with Crippen molar-refractivity contribution in [2.75, 3.05) is 12.3 Å². The summed E-state index contributed by atoms with van der Waals surface area (Å²) in [5.74, 6) is 0.932. The van der Waals surface area contributed by atoms with Gasteiger partial charge in [-0.15, -0.1) is 24.2 Å². The molecule has 90 valence electrons. The largest absolute Gasteiger partial charge is 0.313 e. The highest BCUT2D eigenvalue weighted by molar-refractivity contribution is 7.99. The molecule has 1 heterocycles. The van der Waals surface area contributed by atoms with Gasteiger partial charge in [0.25, 0.3) is 0 Å². The van der Waals surface area contributed by atoms with Crippen LogP contribution in [0.5, 0.6) is 0 Å². The Morgan fingerprint density at radius 1 is 1.25 bits per heavy atom. The van der Waals surface area contributed by atoms with Crippen molar-refractivity contribution in [3.05, 3.63) is 30.1 Å². The number of benzene rings is 1. The molecule has 1 aromatic rings. The van der Waals surface area contributed by atoms with Gasteiger partial charge in [-0.1, -0.05) is 6.42 Å². The number of rotatable bonds is 3. The van der Waals surface area contributed by atoms with Crippen molar-refractivity contribution in [1.82, 2.24) is 5.32 Å². The van der Waals surface area contributed by atoms with Crippen LogP contribution in [0.4, 0.5) is 4.39 Å². The molecule has 1 unspecified atom stereocenters. The van der Waals surface area contributed by atoms with E-state index in [4.69, 9.17) is 0 Å². The first kappa shape index (κ1) is 13.8. The second-order valence-electron chi connectivity index (χ2n) is 3.91. The van der Waals surface area contributed by atoms with E-state index in [1.54, 1.807) is 11.8 Å². The van der Waals surface area contributed by atoms with Crippen LogP contribution >= 0.6 is 24.2 Å². The summed E-state index contributed by atoms with van der Waals surface area (Å²) >= 11 is 1.81. The number of piperidine rings is 1. The first-order valence-electron chi connectivity index (χ1n) is 5.46. The van der Waals surface area contributed by atoms with E-state index in [1.165, 1.54) is 31.4 Å². The van der Waals surface area contributed by atoms with Crippen molar-refractivity contribution in [3.63, 3.8) is 0 Å². The van der Waals surface area contributed by atoms with Gasteiger partial charge < -0.3 is 5.32 Å². The fourth-order valence-corrected chi connectivity index (χ4v) is 2.80. The Morgan fingerprint density at radius 3 is 2.62 bits per heavy atom. The van der Waals surface area contributed by atoms with Crippen LogP contribution < -0.4 is 5.32 Å². The predicted molar refractivity (Wildman–Crippen MR) is 70.0 cm³/mol. The van der Waals surface area contributed by atoms with Gasteiger partial charge in [-0.3, -0.25) is 0 Å². The maximum absolute atomic E-state index is 12.7. The third-order valence-corrected chi connectivity index (χ3v) is 3.85. The standard InChI is InChI=1S/C12H16FNS.ClH/c13-10-4-6-12(7-5-10)15-9-11-3-1-2-8-14-11;/h4-7,11,14H,1-3,8-9H2;1H. The zero-order chi connectivity index (χ0) is 10.5. The Hall–Kier alpha value is -0.250. The Kier molecular flexibility index (Phi) is 6.17. The van der Waals surface area contributed by atoms with Gasteiger partial charge in [0.15, 0.2) is 0 Å². The lowest BCUT2D eigenvalue weighted by molar-refractivity contribution is 0.430. The lowest BCUT2D eigenvalue weighted by atomic mass is 10.1. The van der Waals surface area contributed by atoms with Gasteiger partial charge in [-0.05, 0) is 43.7 Å². The predicted octanol–water partition coefficient (Wildman–Crippen LogP) is 3.48. The summed E-state index contributed by atoms with van der Waals surface area (Å²) in [5, 5.41) is 3.51. The van der Waals surface area contributed by atoms with E-state index in [-0.39, 0.29) is 18.2 Å². The molecule has 2 rings (SSSR count). The third-order valence-electron chi connectivity index (χ3n) is 2.68. The summed E-state index contributed by atoms with van der Waals surface area (Å²) in [4.78, 5) is 1.16. The van der Waals surface area contributed by atoms with Gasteiger partial charge in [0.2, 0.25) is 0 Å². The molecule has 1 saturated heterocycles. The average Bonchev–Trinajstić information content (AvgIpc) is 2.30. The minimum Gasteiger partial charge on any atom is -0.313 e. The molecule has 1 nitrogen and oxygen atoms in total. The van der Waals surface area contributed by atoms with Crippen molar-refractivity contribution < 1.29 is 4.39 Å². The maximum Gasteiger partial charge on any atom is 0.123 e. The van der Waals surface area contributed by atoms with Gasteiger partial charge in [0.1, 0.15) is 5.82 Å². The van der Waals surface area contributed by atoms with E-state index >= 15 is 0 Å². The molecule has 1 aliphatic rings. The Balaban J connectivity index is 0.00000128. The van der Waals surface area contributed by atoms with Crippen LogP contribution in [0.3, 0.4) is 0 Å². The van der Waals surface area contributed by atoms with Crippen LogP contribution in [0.15, 0.2) is 29.2 Å². The van der Waals surface area contributed by atoms with E-state index in [0.717, 1.165) is 17.2 Å². The number of thioether (sulfide) groups is 1. The molecule has 1 fully saturated rings. The van der Waals surface area contributed by atoms with Gasteiger partial charge in [0, 0.05) is 16.7 Å². The number of hydrogen-bond donors (Lipinski definition) is 1. The number of nitrogens with one attached hydrogen (secondary N) is 1. The molecule has 16 heavy (non-hydrogen) atoms. The highest BCUT2D eigenvalue weighted by Gasteiger charge is 2.12. The molecule has 0 aliphatic carbocycles. The molecule has 1 atom stereocenters. The molecule has 0 saturated carbocycles. The maximum atomic E-state index is 12.7. The number of halogens is 2. The normalized spacial score (nSPS) is 20.2. The van der Waals surface area contributed by atoms with Gasteiger partial charge >= 0.3 is 0 Å². The van der Waals surface area contributed by atoms with Gasteiger partial charge in [0.05, 0.1) is 0 Å². The fraction of sp³-hybridized carbons (Fsp3) is 0.500. The van der Waals surface area contributed by atoms with E-state index in [0.29, 0.717) is 6.04 Å². The highest BCUT2D eigenvalue weighted by Crippen LogP contribution is 2.21. The lowest BCUT2D eigenvalue weighted by Crippen LogP contribution is -2.35. The van der Waals surface area contributed by atoms with Gasteiger partial charge in [-0.25, -0.2) is 4.39 Å². The second kappa shape index (κ2) is 7.15. The van der Waals surface area contributed by atoms with Crippen molar-refractivity contribution >= 4 is 24.2 Å². The van der Waals surface area contributed by atoms with Gasteiger partial charge in [-0.2, -0.15) is 0 Å². The smallest absolute Gasteiger partial charge is 0.123 e. The topological polar surface area (TPSA) is 12.0 Å². The zero-order valence-corrected chi connectivity index (χ0v) is 10.7. The van der Waals surface area contributed by atoms with E-state index in [9.17, 15) is 4.39 Å². The molecular weight excluding hydrogens is 245 g/mol. The molecule has 0 aromatic heterocycles. The first-order valence-corrected chi connectivity index (χ1v) is 6.45. The Labute approximate surface area is 107 Å². The Morgan fingerprint density at radius 2 is 2.00 bits per heavy atom. The minimum atomic E-state index is -0.157. The van der Waals surface area contributed by atoms with Crippen LogP contribution in [0.1, 0.15) is 19.3 Å². The van der Waals surface area contributed by atoms with Crippen molar-refractivity contribution in [1.29, 1.82) is 0 Å². The number of hydrogen-bond acceptors (Lipinski definition) is 2. The molecule has 0 amide bonds. The summed E-state index contributed by atoms with van der Waals surface area (Å²) in [7, 11) is 0. The summed E-state index contributed by atoms with van der Waals surface area (Å²) < 4.78 is 12.7. The molecule has 4 heteroatoms. The zero-order valence-electron chi connectivity index (χ0n) is 9.12. The quantitative estimate of drug-likeness (QED) is 0.836. The SMILES string of the molecule is Cl.Fc1ccc(SCC2CCCCN2)cc1. The van der Waals surface area contributed by atoms with Crippen LogP contribution in [0.25, 0.3) is 0 Å². The first-order chi connectivity index (χ1) is 7.34. The summed E-state index contributed by atoms with van der Waals surface area (Å²) in [6.45, 7) is 1.15. The second-order valence-corrected chi connectivity index (χ2v) is 5.01. The monoisotopic (exact) mass is 261 g/mol. The molecule has 0 radical (unpaired) electrons. The highest BCUT2D eigenvalue weighted by atomic mass is 35.5. The third kappa shape index (κ3) is 4.32. The van der Waals surface area contributed by atoms with E-state index < -0.39 is 0 Å². The summed E-state index contributed by atoms with van der Waals surface area (Å²) in [6.07, 6.45) is 3.91. The summed E-state index contributed by atoms with van der Waals surface area (Å²) in [5.41, 5.74) is 0. The average molecular weight is 262 g/mol. The summed E-state index contributed by atoms with van der Waals surface area (Å²) in [6, 6.07) is 7.38. The molecule has 1 aromatic carbocycles. The van der Waals surface area contributed by atoms with Crippen molar-refractivity contribution in [2.45, 2.75) is 30.2 Å². The van der Waals surface area contributed by atoms with Crippen LogP contribution in [-0.2, 0) is 0 Å². The molecule has 0 spiro atoms. The van der Waals surface area contributed by atoms with Crippen LogP contribution in [0.2, 0.25) is 0 Å². The lowest BCUT2D eigenvalue weighted by Gasteiger charge is -2.22. The van der Waals surface area contributed by atoms with Crippen molar-refractivity contribution in [2.24, 2.45) is 0 Å². The van der Waals surface area contributed by atoms with Crippen molar-refractivity contribution in [3.8, 4) is 0 Å². The fourth-order valence-electron chi connectivity index (χ4n) is 1.79. The minimum absolute atomic E-state index is 0. The van der Waals surface area contributed by atoms with Crippen LogP contribution in [-0.4, -0.2) is 18.3 Å². The molecule has 1 N–H and O–H groups in total.